The van der Waals surface area contributed by atoms with Crippen LogP contribution in [0.15, 0.2) is 41.6 Å². The molecule has 2 rings (SSSR count). The Balaban J connectivity index is 1.70. The molecule has 1 N–H and O–H groups in total. The molecule has 0 aliphatic carbocycles. The van der Waals surface area contributed by atoms with Crippen LogP contribution in [0.1, 0.15) is 24.1 Å². The number of amides is 1. The molecule has 27 heavy (non-hydrogen) atoms. The number of nitrogens with one attached hydrogen (secondary N) is 1. The quantitative estimate of drug-likeness (QED) is 0.401. The lowest BCUT2D eigenvalue weighted by Crippen LogP contribution is -2.18. The summed E-state index contributed by atoms with van der Waals surface area (Å²) in [6, 6.07) is 6.86. The zero-order chi connectivity index (χ0) is 19.9. The first-order valence-electron chi connectivity index (χ1n) is 7.69. The molecule has 144 valence electrons. The number of carbonyl (C=O) groups excluding carboxylic acids is 1. The maximum Gasteiger partial charge on any atom is 0.433 e. The van der Waals surface area contributed by atoms with Crippen molar-refractivity contribution in [3.63, 3.8) is 0 Å². The van der Waals surface area contributed by atoms with Gasteiger partial charge in [0.25, 0.3) is 0 Å². The average Bonchev–Trinajstić information content (AvgIpc) is 2.60. The fourth-order valence-electron chi connectivity index (χ4n) is 1.89. The number of halogens is 5. The molecule has 0 atom stereocenters. The highest BCUT2D eigenvalue weighted by atomic mass is 35.5. The number of nitrogens with zero attached hydrogens (tertiary/aromatic N) is 2. The van der Waals surface area contributed by atoms with Gasteiger partial charge in [0, 0.05) is 23.2 Å². The van der Waals surface area contributed by atoms with Crippen molar-refractivity contribution in [3.05, 3.63) is 57.8 Å². The average molecular weight is 420 g/mol. The summed E-state index contributed by atoms with van der Waals surface area (Å²) in [6.45, 7) is 0.265. The van der Waals surface area contributed by atoms with Crippen LogP contribution < -0.4 is 10.2 Å². The predicted octanol–water partition coefficient (Wildman–Crippen LogP) is 4.72. The lowest BCUT2D eigenvalue weighted by molar-refractivity contribution is -0.141. The number of pyridine rings is 1. The van der Waals surface area contributed by atoms with Crippen molar-refractivity contribution in [1.82, 2.24) is 10.4 Å². The highest BCUT2D eigenvalue weighted by molar-refractivity contribution is 6.35. The standard InChI is InChI=1S/C17H14Cl2F3N3O2/c18-12-4-5-14(13(19)8-12)27-7-1-2-16(26)25-24-10-11-3-6-15(23-9-11)17(20,21)22/h3-6,8-10H,1-2,7H2,(H,25,26)/b24-10+. The van der Waals surface area contributed by atoms with Gasteiger partial charge >= 0.3 is 6.18 Å². The van der Waals surface area contributed by atoms with Crippen LogP contribution in [0.2, 0.25) is 10.0 Å². The fourth-order valence-corrected chi connectivity index (χ4v) is 2.35. The minimum atomic E-state index is -4.50. The van der Waals surface area contributed by atoms with Crippen molar-refractivity contribution in [2.75, 3.05) is 6.61 Å². The van der Waals surface area contributed by atoms with Crippen LogP contribution in [0, 0.1) is 0 Å². The predicted molar refractivity (Wildman–Crippen MR) is 96.2 cm³/mol. The largest absolute Gasteiger partial charge is 0.492 e. The molecule has 10 heteroatoms. The lowest BCUT2D eigenvalue weighted by Gasteiger charge is -2.07. The third-order valence-electron chi connectivity index (χ3n) is 3.18. The first kappa shape index (κ1) is 21.0. The number of hydrogen-bond donors (Lipinski definition) is 1. The molecule has 0 unspecified atom stereocenters. The zero-order valence-corrected chi connectivity index (χ0v) is 15.3. The normalized spacial score (nSPS) is 11.6. The van der Waals surface area contributed by atoms with Crippen molar-refractivity contribution < 1.29 is 22.7 Å². The van der Waals surface area contributed by atoms with Gasteiger partial charge in [-0.1, -0.05) is 23.2 Å². The molecule has 1 aromatic carbocycles. The van der Waals surface area contributed by atoms with Crippen LogP contribution in [-0.2, 0) is 11.0 Å². The van der Waals surface area contributed by atoms with Crippen LogP contribution >= 0.6 is 23.2 Å². The maximum atomic E-state index is 12.4. The van der Waals surface area contributed by atoms with Crippen LogP contribution in [0.25, 0.3) is 0 Å². The molecular formula is C17H14Cl2F3N3O2. The summed E-state index contributed by atoms with van der Waals surface area (Å²) >= 11 is 11.7. The molecule has 0 aliphatic rings. The lowest BCUT2D eigenvalue weighted by atomic mass is 10.2. The maximum absolute atomic E-state index is 12.4. The van der Waals surface area contributed by atoms with Gasteiger partial charge in [-0.25, -0.2) is 5.43 Å². The number of benzene rings is 1. The van der Waals surface area contributed by atoms with Crippen molar-refractivity contribution in [3.8, 4) is 5.75 Å². The Morgan fingerprint density at radius 2 is 2.04 bits per heavy atom. The van der Waals surface area contributed by atoms with Gasteiger partial charge in [-0.3, -0.25) is 9.78 Å². The summed E-state index contributed by atoms with van der Waals surface area (Å²) in [5.41, 5.74) is 1.60. The monoisotopic (exact) mass is 419 g/mol. The van der Waals surface area contributed by atoms with Crippen molar-refractivity contribution >= 4 is 35.3 Å². The molecule has 0 radical (unpaired) electrons. The summed E-state index contributed by atoms with van der Waals surface area (Å²) in [6.07, 6.45) is -1.71. The Bertz CT molecular complexity index is 812. The van der Waals surface area contributed by atoms with E-state index in [1.54, 1.807) is 18.2 Å². The van der Waals surface area contributed by atoms with Crippen LogP contribution in [0.4, 0.5) is 13.2 Å². The van der Waals surface area contributed by atoms with Crippen LogP contribution in [-0.4, -0.2) is 23.7 Å². The topological polar surface area (TPSA) is 63.6 Å². The Labute approximate surface area is 163 Å². The van der Waals surface area contributed by atoms with Gasteiger partial charge < -0.3 is 4.74 Å². The second-order valence-electron chi connectivity index (χ2n) is 5.29. The molecule has 0 aliphatic heterocycles. The highest BCUT2D eigenvalue weighted by Crippen LogP contribution is 2.28. The van der Waals surface area contributed by atoms with Crippen LogP contribution in [0.5, 0.6) is 5.75 Å². The number of carbonyl (C=O) groups is 1. The van der Waals surface area contributed by atoms with Gasteiger partial charge in [-0.05, 0) is 36.8 Å². The van der Waals surface area contributed by atoms with E-state index in [-0.39, 0.29) is 18.9 Å². The van der Waals surface area contributed by atoms with E-state index in [0.29, 0.717) is 27.8 Å². The zero-order valence-electron chi connectivity index (χ0n) is 13.8. The molecule has 0 spiro atoms. The van der Waals surface area contributed by atoms with Crippen LogP contribution in [0.3, 0.4) is 0 Å². The van der Waals surface area contributed by atoms with Crippen molar-refractivity contribution in [2.24, 2.45) is 5.10 Å². The van der Waals surface area contributed by atoms with Gasteiger partial charge in [-0.15, -0.1) is 0 Å². The van der Waals surface area contributed by atoms with E-state index in [9.17, 15) is 18.0 Å². The molecule has 0 saturated carbocycles. The molecule has 0 fully saturated rings. The fraction of sp³-hybridized carbons (Fsp3) is 0.235. The summed E-state index contributed by atoms with van der Waals surface area (Å²) in [5, 5.41) is 4.54. The number of alkyl halides is 3. The molecule has 0 saturated heterocycles. The van der Waals surface area contributed by atoms with E-state index in [0.717, 1.165) is 12.3 Å². The Hall–Kier alpha value is -2.32. The third kappa shape index (κ3) is 7.07. The number of hydrazone groups is 1. The first-order valence-corrected chi connectivity index (χ1v) is 8.44. The number of hydrogen-bond acceptors (Lipinski definition) is 4. The molecule has 5 nitrogen and oxygen atoms in total. The van der Waals surface area contributed by atoms with Gasteiger partial charge in [0.15, 0.2) is 0 Å². The smallest absolute Gasteiger partial charge is 0.433 e. The molecule has 2 aromatic rings. The SMILES string of the molecule is O=C(CCCOc1ccc(Cl)cc1Cl)N/N=C/c1ccc(C(F)(F)F)nc1. The van der Waals surface area contributed by atoms with E-state index in [1.165, 1.54) is 12.3 Å². The van der Waals surface area contributed by atoms with E-state index in [4.69, 9.17) is 27.9 Å². The molecule has 1 heterocycles. The van der Waals surface area contributed by atoms with Gasteiger partial charge in [-0.2, -0.15) is 18.3 Å². The second kappa shape index (κ2) is 9.57. The van der Waals surface area contributed by atoms with Crippen molar-refractivity contribution in [2.45, 2.75) is 19.0 Å². The third-order valence-corrected chi connectivity index (χ3v) is 3.71. The summed E-state index contributed by atoms with van der Waals surface area (Å²) in [4.78, 5) is 14.9. The number of rotatable bonds is 7. The van der Waals surface area contributed by atoms with Gasteiger partial charge in [0.05, 0.1) is 17.8 Å². The number of aromatic nitrogens is 1. The van der Waals surface area contributed by atoms with E-state index in [1.807, 2.05) is 0 Å². The van der Waals surface area contributed by atoms with E-state index < -0.39 is 11.9 Å². The van der Waals surface area contributed by atoms with Gasteiger partial charge in [0.2, 0.25) is 5.91 Å². The summed E-state index contributed by atoms with van der Waals surface area (Å²) in [7, 11) is 0. The Morgan fingerprint density at radius 1 is 1.26 bits per heavy atom. The first-order chi connectivity index (χ1) is 12.8. The molecule has 0 bridgehead atoms. The molecule has 1 aromatic heterocycles. The van der Waals surface area contributed by atoms with E-state index in [2.05, 4.69) is 15.5 Å². The molecular weight excluding hydrogens is 406 g/mol. The van der Waals surface area contributed by atoms with E-state index >= 15 is 0 Å². The van der Waals surface area contributed by atoms with Crippen molar-refractivity contribution in [1.29, 1.82) is 0 Å². The number of ether oxygens (including phenoxy) is 1. The Morgan fingerprint density at radius 3 is 2.67 bits per heavy atom. The minimum Gasteiger partial charge on any atom is -0.492 e. The minimum absolute atomic E-state index is 0.147. The highest BCUT2D eigenvalue weighted by Gasteiger charge is 2.31. The second-order valence-corrected chi connectivity index (χ2v) is 6.14. The summed E-state index contributed by atoms with van der Waals surface area (Å²) < 4.78 is 42.6. The summed E-state index contributed by atoms with van der Waals surface area (Å²) in [5.74, 6) is 0.103. The van der Waals surface area contributed by atoms with Gasteiger partial charge in [0.1, 0.15) is 11.4 Å². The Kier molecular flexibility index (Phi) is 7.44. The molecule has 1 amide bonds.